The van der Waals surface area contributed by atoms with E-state index in [0.717, 1.165) is 31.8 Å². The average Bonchev–Trinajstić information content (AvgIpc) is 2.79. The van der Waals surface area contributed by atoms with Crippen LogP contribution in [0.5, 0.6) is 0 Å². The molecule has 5 heteroatoms. The monoisotopic (exact) mass is 279 g/mol. The number of carbonyl (C=O) groups excluding carboxylic acids is 1. The third kappa shape index (κ3) is 4.34. The van der Waals surface area contributed by atoms with Crippen LogP contribution in [0.2, 0.25) is 0 Å². The molecule has 1 heterocycles. The second-order valence-electron chi connectivity index (χ2n) is 5.55. The molecule has 0 radical (unpaired) electrons. The van der Waals surface area contributed by atoms with Gasteiger partial charge in [0.2, 0.25) is 5.91 Å². The van der Waals surface area contributed by atoms with Crippen molar-refractivity contribution in [3.63, 3.8) is 0 Å². The minimum absolute atomic E-state index is 0.0226. The summed E-state index contributed by atoms with van der Waals surface area (Å²) in [5, 5.41) is 7.41. The second kappa shape index (κ2) is 7.43. The Balaban J connectivity index is 1.74. The first-order chi connectivity index (χ1) is 9.69. The molecule has 1 atom stereocenters. The lowest BCUT2D eigenvalue weighted by Crippen LogP contribution is -2.29. The van der Waals surface area contributed by atoms with Crippen LogP contribution in [0.4, 0.5) is 0 Å². The van der Waals surface area contributed by atoms with Crippen LogP contribution in [0.1, 0.15) is 37.9 Å². The molecule has 112 valence electrons. The second-order valence-corrected chi connectivity index (χ2v) is 5.55. The fraction of sp³-hybridized carbons (Fsp3) is 0.733. The first kappa shape index (κ1) is 15.0. The van der Waals surface area contributed by atoms with Gasteiger partial charge >= 0.3 is 0 Å². The molecule has 1 aliphatic rings. The molecule has 1 amide bonds. The van der Waals surface area contributed by atoms with Crippen molar-refractivity contribution in [2.75, 3.05) is 19.8 Å². The molecular formula is C15H25N3O2. The van der Waals surface area contributed by atoms with Crippen LogP contribution in [-0.2, 0) is 28.9 Å². The SMILES string of the molecule is CCOCCCNC(=O)Cn1cc2c(n1)CCC(C)C2. The molecule has 0 spiro atoms. The van der Waals surface area contributed by atoms with Crippen LogP contribution in [0.15, 0.2) is 6.20 Å². The largest absolute Gasteiger partial charge is 0.382 e. The van der Waals surface area contributed by atoms with E-state index in [4.69, 9.17) is 4.74 Å². The van der Waals surface area contributed by atoms with Crippen molar-refractivity contribution in [1.82, 2.24) is 15.1 Å². The van der Waals surface area contributed by atoms with Gasteiger partial charge in [-0.05, 0) is 44.1 Å². The number of rotatable bonds is 7. The molecule has 5 nitrogen and oxygen atoms in total. The predicted octanol–water partition coefficient (Wildman–Crippen LogP) is 1.55. The van der Waals surface area contributed by atoms with E-state index >= 15 is 0 Å². The van der Waals surface area contributed by atoms with Gasteiger partial charge in [0, 0.05) is 26.0 Å². The van der Waals surface area contributed by atoms with Gasteiger partial charge in [-0.25, -0.2) is 0 Å². The van der Waals surface area contributed by atoms with E-state index < -0.39 is 0 Å². The van der Waals surface area contributed by atoms with Gasteiger partial charge in [-0.2, -0.15) is 5.10 Å². The lowest BCUT2D eigenvalue weighted by atomic mass is 9.89. The van der Waals surface area contributed by atoms with Gasteiger partial charge in [0.05, 0.1) is 5.69 Å². The van der Waals surface area contributed by atoms with Crippen molar-refractivity contribution >= 4 is 5.91 Å². The minimum atomic E-state index is 0.0226. The topological polar surface area (TPSA) is 56.1 Å². The number of nitrogens with zero attached hydrogens (tertiary/aromatic N) is 2. The van der Waals surface area contributed by atoms with Gasteiger partial charge in [0.15, 0.2) is 0 Å². The summed E-state index contributed by atoms with van der Waals surface area (Å²) in [4.78, 5) is 11.8. The first-order valence-electron chi connectivity index (χ1n) is 7.58. The zero-order valence-corrected chi connectivity index (χ0v) is 12.5. The van der Waals surface area contributed by atoms with Crippen molar-refractivity contribution in [3.8, 4) is 0 Å². The molecule has 0 fully saturated rings. The Kier molecular flexibility index (Phi) is 5.59. The maximum atomic E-state index is 11.8. The minimum Gasteiger partial charge on any atom is -0.382 e. The molecule has 0 saturated carbocycles. The first-order valence-corrected chi connectivity index (χ1v) is 7.58. The molecule has 0 aliphatic heterocycles. The summed E-state index contributed by atoms with van der Waals surface area (Å²) in [5.41, 5.74) is 2.49. The molecule has 2 rings (SSSR count). The highest BCUT2D eigenvalue weighted by molar-refractivity contribution is 5.75. The van der Waals surface area contributed by atoms with E-state index in [-0.39, 0.29) is 5.91 Å². The Morgan fingerprint density at radius 2 is 2.45 bits per heavy atom. The lowest BCUT2D eigenvalue weighted by molar-refractivity contribution is -0.121. The number of ether oxygens (including phenoxy) is 1. The van der Waals surface area contributed by atoms with Gasteiger partial charge in [0.25, 0.3) is 0 Å². The number of fused-ring (bicyclic) bond motifs is 1. The van der Waals surface area contributed by atoms with E-state index in [9.17, 15) is 4.79 Å². The Hall–Kier alpha value is -1.36. The quantitative estimate of drug-likeness (QED) is 0.770. The van der Waals surface area contributed by atoms with Crippen LogP contribution in [0.3, 0.4) is 0 Å². The molecule has 0 aromatic carbocycles. The van der Waals surface area contributed by atoms with Gasteiger partial charge in [0.1, 0.15) is 6.54 Å². The van der Waals surface area contributed by atoms with Crippen LogP contribution < -0.4 is 5.32 Å². The van der Waals surface area contributed by atoms with Gasteiger partial charge in [-0.3, -0.25) is 9.48 Å². The summed E-state index contributed by atoms with van der Waals surface area (Å²) >= 11 is 0. The molecule has 0 saturated heterocycles. The van der Waals surface area contributed by atoms with Gasteiger partial charge < -0.3 is 10.1 Å². The summed E-state index contributed by atoms with van der Waals surface area (Å²) in [7, 11) is 0. The highest BCUT2D eigenvalue weighted by atomic mass is 16.5. The predicted molar refractivity (Wildman–Crippen MR) is 77.5 cm³/mol. The average molecular weight is 279 g/mol. The summed E-state index contributed by atoms with van der Waals surface area (Å²) < 4.78 is 7.01. The van der Waals surface area contributed by atoms with Crippen molar-refractivity contribution in [2.45, 2.75) is 46.1 Å². The smallest absolute Gasteiger partial charge is 0.241 e. The van der Waals surface area contributed by atoms with E-state index in [1.54, 1.807) is 4.68 Å². The number of aryl methyl sites for hydroxylation is 1. The van der Waals surface area contributed by atoms with Crippen LogP contribution in [0, 0.1) is 5.92 Å². The molecular weight excluding hydrogens is 254 g/mol. The Morgan fingerprint density at radius 3 is 3.25 bits per heavy atom. The summed E-state index contributed by atoms with van der Waals surface area (Å²) in [6.45, 7) is 6.65. The van der Waals surface area contributed by atoms with E-state index in [1.807, 2.05) is 13.1 Å². The number of amides is 1. The standard InChI is InChI=1S/C15H25N3O2/c1-3-20-8-4-7-16-15(19)11-18-10-13-9-12(2)5-6-14(13)17-18/h10,12H,3-9,11H2,1-2H3,(H,16,19). The van der Waals surface area contributed by atoms with Crippen molar-refractivity contribution in [3.05, 3.63) is 17.5 Å². The third-order valence-electron chi connectivity index (χ3n) is 3.66. The Bertz CT molecular complexity index is 442. The van der Waals surface area contributed by atoms with E-state index in [0.29, 0.717) is 19.7 Å². The van der Waals surface area contributed by atoms with Crippen molar-refractivity contribution in [1.29, 1.82) is 0 Å². The molecule has 1 aromatic rings. The molecule has 1 N–H and O–H groups in total. The zero-order chi connectivity index (χ0) is 14.4. The van der Waals surface area contributed by atoms with E-state index in [1.165, 1.54) is 17.7 Å². The summed E-state index contributed by atoms with van der Waals surface area (Å²) in [6, 6.07) is 0. The number of hydrogen-bond acceptors (Lipinski definition) is 3. The number of nitrogens with one attached hydrogen (secondary N) is 1. The molecule has 1 unspecified atom stereocenters. The zero-order valence-electron chi connectivity index (χ0n) is 12.5. The third-order valence-corrected chi connectivity index (χ3v) is 3.66. The maximum absolute atomic E-state index is 11.8. The Morgan fingerprint density at radius 1 is 1.60 bits per heavy atom. The van der Waals surface area contributed by atoms with Crippen molar-refractivity contribution in [2.24, 2.45) is 5.92 Å². The van der Waals surface area contributed by atoms with Crippen LogP contribution in [-0.4, -0.2) is 35.4 Å². The molecule has 1 aliphatic carbocycles. The normalized spacial score (nSPS) is 17.8. The van der Waals surface area contributed by atoms with E-state index in [2.05, 4.69) is 17.3 Å². The fourth-order valence-corrected chi connectivity index (χ4v) is 2.57. The molecule has 1 aromatic heterocycles. The fourth-order valence-electron chi connectivity index (χ4n) is 2.57. The number of carbonyl (C=O) groups is 1. The van der Waals surface area contributed by atoms with Gasteiger partial charge in [-0.1, -0.05) is 6.92 Å². The van der Waals surface area contributed by atoms with Crippen molar-refractivity contribution < 1.29 is 9.53 Å². The lowest BCUT2D eigenvalue weighted by Gasteiger charge is -2.15. The highest BCUT2D eigenvalue weighted by Gasteiger charge is 2.18. The highest BCUT2D eigenvalue weighted by Crippen LogP contribution is 2.23. The molecule has 20 heavy (non-hydrogen) atoms. The number of hydrogen-bond donors (Lipinski definition) is 1. The van der Waals surface area contributed by atoms with Crippen LogP contribution >= 0.6 is 0 Å². The maximum Gasteiger partial charge on any atom is 0.241 e. The summed E-state index contributed by atoms with van der Waals surface area (Å²) in [5.74, 6) is 0.752. The van der Waals surface area contributed by atoms with Gasteiger partial charge in [-0.15, -0.1) is 0 Å². The summed E-state index contributed by atoms with van der Waals surface area (Å²) in [6.07, 6.45) is 6.22. The number of aromatic nitrogens is 2. The Labute approximate surface area is 120 Å². The molecule has 0 bridgehead atoms. The van der Waals surface area contributed by atoms with Crippen LogP contribution in [0.25, 0.3) is 0 Å².